The predicted molar refractivity (Wildman–Crippen MR) is 91.0 cm³/mol. The van der Waals surface area contributed by atoms with Crippen molar-refractivity contribution in [2.75, 3.05) is 19.9 Å². The van der Waals surface area contributed by atoms with E-state index < -0.39 is 0 Å². The van der Waals surface area contributed by atoms with Crippen molar-refractivity contribution in [2.45, 2.75) is 37.3 Å². The van der Waals surface area contributed by atoms with Gasteiger partial charge >= 0.3 is 5.97 Å². The van der Waals surface area contributed by atoms with Crippen molar-refractivity contribution in [3.05, 3.63) is 27.3 Å². The number of esters is 1. The molecule has 3 rings (SSSR count). The van der Waals surface area contributed by atoms with Crippen LogP contribution in [0.2, 0.25) is 0 Å². The molecule has 2 heterocycles. The van der Waals surface area contributed by atoms with Gasteiger partial charge in [-0.05, 0) is 66.6 Å². The third kappa shape index (κ3) is 2.54. The van der Waals surface area contributed by atoms with Crippen molar-refractivity contribution in [3.63, 3.8) is 0 Å². The highest BCUT2D eigenvalue weighted by Crippen LogP contribution is 2.47. The number of hydrogen-bond acceptors (Lipinski definition) is 4. The van der Waals surface area contributed by atoms with Gasteiger partial charge in [0, 0.05) is 27.3 Å². The van der Waals surface area contributed by atoms with Crippen molar-refractivity contribution in [1.82, 2.24) is 4.90 Å². The highest BCUT2D eigenvalue weighted by atomic mass is 127. The molecule has 2 aliphatic heterocycles. The van der Waals surface area contributed by atoms with Crippen LogP contribution in [0.4, 0.5) is 5.69 Å². The maximum Gasteiger partial charge on any atom is 0.310 e. The summed E-state index contributed by atoms with van der Waals surface area (Å²) >= 11 is 2.24. The van der Waals surface area contributed by atoms with Crippen molar-refractivity contribution in [2.24, 2.45) is 5.92 Å². The normalized spacial score (nSPS) is 32.1. The molecule has 0 saturated carbocycles. The highest BCUT2D eigenvalue weighted by Gasteiger charge is 2.49. The predicted octanol–water partition coefficient (Wildman–Crippen LogP) is 2.61. The second kappa shape index (κ2) is 5.76. The van der Waals surface area contributed by atoms with E-state index in [0.29, 0.717) is 12.1 Å². The number of nitrogens with two attached hydrogens (primary N) is 1. The fourth-order valence-electron chi connectivity index (χ4n) is 4.06. The summed E-state index contributed by atoms with van der Waals surface area (Å²) in [6.45, 7) is 0. The number of nitrogens with zero attached hydrogens (tertiary/aromatic N) is 1. The average molecular weight is 400 g/mol. The van der Waals surface area contributed by atoms with Crippen LogP contribution in [0.25, 0.3) is 0 Å². The first-order chi connectivity index (χ1) is 10.0. The first-order valence-electron chi connectivity index (χ1n) is 7.37. The van der Waals surface area contributed by atoms with Crippen LogP contribution >= 0.6 is 22.6 Å². The van der Waals surface area contributed by atoms with E-state index >= 15 is 0 Å². The molecule has 0 aromatic heterocycles. The Kier molecular flexibility index (Phi) is 4.14. The van der Waals surface area contributed by atoms with Gasteiger partial charge in [0.1, 0.15) is 0 Å². The number of carbonyl (C=O) groups is 1. The lowest BCUT2D eigenvalue weighted by Crippen LogP contribution is -2.49. The molecular weight excluding hydrogens is 379 g/mol. The molecule has 2 fully saturated rings. The minimum atomic E-state index is -0.0886. The van der Waals surface area contributed by atoms with Crippen molar-refractivity contribution in [1.29, 1.82) is 0 Å². The molecule has 4 nitrogen and oxygen atoms in total. The van der Waals surface area contributed by atoms with Crippen LogP contribution in [-0.4, -0.2) is 37.1 Å². The van der Waals surface area contributed by atoms with E-state index in [1.165, 1.54) is 19.1 Å². The summed E-state index contributed by atoms with van der Waals surface area (Å²) in [5, 5.41) is 0. The number of methoxy groups -OCH3 is 1. The Balaban J connectivity index is 1.98. The molecule has 0 radical (unpaired) electrons. The molecule has 4 atom stereocenters. The summed E-state index contributed by atoms with van der Waals surface area (Å²) in [5.41, 5.74) is 8.03. The lowest BCUT2D eigenvalue weighted by atomic mass is 9.76. The number of ether oxygens (including phenoxy) is 1. The first-order valence-corrected chi connectivity index (χ1v) is 8.45. The summed E-state index contributed by atoms with van der Waals surface area (Å²) in [4.78, 5) is 14.7. The first kappa shape index (κ1) is 15.1. The second-order valence-electron chi connectivity index (χ2n) is 6.14. The topological polar surface area (TPSA) is 55.6 Å². The van der Waals surface area contributed by atoms with Crippen molar-refractivity contribution >= 4 is 34.2 Å². The number of fused-ring (bicyclic) bond motifs is 2. The van der Waals surface area contributed by atoms with Crippen LogP contribution in [0.3, 0.4) is 0 Å². The summed E-state index contributed by atoms with van der Waals surface area (Å²) in [7, 11) is 3.62. The lowest BCUT2D eigenvalue weighted by molar-refractivity contribution is -0.150. The maximum absolute atomic E-state index is 12.4. The van der Waals surface area contributed by atoms with E-state index in [9.17, 15) is 4.79 Å². The third-order valence-corrected chi connectivity index (χ3v) is 6.17. The number of carbonyl (C=O) groups excluding carboxylic acids is 1. The number of halogens is 1. The average Bonchev–Trinajstić information content (AvgIpc) is 2.72. The molecular formula is C16H21IN2O2. The largest absolute Gasteiger partial charge is 0.469 e. The van der Waals surface area contributed by atoms with Gasteiger partial charge in [-0.25, -0.2) is 0 Å². The monoisotopic (exact) mass is 400 g/mol. The number of piperidine rings is 1. The molecule has 0 aliphatic carbocycles. The van der Waals surface area contributed by atoms with E-state index in [1.54, 1.807) is 0 Å². The number of rotatable bonds is 2. The molecule has 1 aromatic rings. The van der Waals surface area contributed by atoms with Crippen LogP contribution in [0.1, 0.15) is 30.7 Å². The highest BCUT2D eigenvalue weighted by molar-refractivity contribution is 14.1. The van der Waals surface area contributed by atoms with E-state index in [1.807, 2.05) is 12.1 Å². The standard InChI is InChI=1S/C16H21IN2O2/c1-19-10-4-6-14(19)15(16(20)21-2)11(8-10)9-3-5-12(17)13(18)7-9/h3,5,7,10-11,14-15H,4,6,8,18H2,1-2H3/t10-,11+,14+,15-/m0/s1. The molecule has 5 heteroatoms. The number of benzene rings is 1. The van der Waals surface area contributed by atoms with Gasteiger partial charge in [0.15, 0.2) is 0 Å². The SMILES string of the molecule is COC(=O)[C@H]1[C@@H](c2ccc(I)c(N)c2)C[C@@H]2CC[C@H]1N2C. The third-order valence-electron chi connectivity index (χ3n) is 5.19. The van der Waals surface area contributed by atoms with Gasteiger partial charge in [0.05, 0.1) is 13.0 Å². The lowest BCUT2D eigenvalue weighted by Gasteiger charge is -2.41. The van der Waals surface area contributed by atoms with Gasteiger partial charge in [0.2, 0.25) is 0 Å². The molecule has 0 unspecified atom stereocenters. The summed E-state index contributed by atoms with van der Waals surface area (Å²) in [6, 6.07) is 7.05. The Bertz CT molecular complexity index is 563. The smallest absolute Gasteiger partial charge is 0.310 e. The van der Waals surface area contributed by atoms with E-state index in [-0.39, 0.29) is 17.8 Å². The van der Waals surface area contributed by atoms with Gasteiger partial charge in [-0.3, -0.25) is 9.69 Å². The van der Waals surface area contributed by atoms with E-state index in [0.717, 1.165) is 22.1 Å². The summed E-state index contributed by atoms with van der Waals surface area (Å²) in [5.74, 6) is 0.0398. The van der Waals surface area contributed by atoms with Crippen LogP contribution in [0.5, 0.6) is 0 Å². The van der Waals surface area contributed by atoms with Crippen molar-refractivity contribution < 1.29 is 9.53 Å². The molecule has 0 amide bonds. The molecule has 114 valence electrons. The number of anilines is 1. The van der Waals surface area contributed by atoms with Crippen molar-refractivity contribution in [3.8, 4) is 0 Å². The zero-order chi connectivity index (χ0) is 15.1. The molecule has 2 aliphatic rings. The van der Waals surface area contributed by atoms with E-state index in [4.69, 9.17) is 10.5 Å². The molecule has 2 saturated heterocycles. The number of hydrogen-bond donors (Lipinski definition) is 1. The van der Waals surface area contributed by atoms with Crippen LogP contribution in [0, 0.1) is 9.49 Å². The molecule has 0 spiro atoms. The molecule has 1 aromatic carbocycles. The fourth-order valence-corrected chi connectivity index (χ4v) is 4.40. The Labute approximate surface area is 139 Å². The quantitative estimate of drug-likeness (QED) is 0.471. The second-order valence-corrected chi connectivity index (χ2v) is 7.30. The number of nitrogen functional groups attached to an aromatic ring is 1. The zero-order valence-electron chi connectivity index (χ0n) is 12.4. The van der Waals surface area contributed by atoms with Crippen LogP contribution in [0.15, 0.2) is 18.2 Å². The fraction of sp³-hybridized carbons (Fsp3) is 0.562. The molecule has 2 bridgehead atoms. The minimum absolute atomic E-state index is 0.0850. The molecule has 21 heavy (non-hydrogen) atoms. The Morgan fingerprint density at radius 2 is 2.19 bits per heavy atom. The van der Waals surface area contributed by atoms with E-state index in [2.05, 4.69) is 40.6 Å². The zero-order valence-corrected chi connectivity index (χ0v) is 14.5. The Morgan fingerprint density at radius 1 is 1.43 bits per heavy atom. The van der Waals surface area contributed by atoms with Gasteiger partial charge in [-0.1, -0.05) is 6.07 Å². The Hall–Kier alpha value is -0.820. The summed E-state index contributed by atoms with van der Waals surface area (Å²) < 4.78 is 6.15. The van der Waals surface area contributed by atoms with Gasteiger partial charge < -0.3 is 10.5 Å². The van der Waals surface area contributed by atoms with Crippen LogP contribution in [-0.2, 0) is 9.53 Å². The summed E-state index contributed by atoms with van der Waals surface area (Å²) in [6.07, 6.45) is 3.26. The van der Waals surface area contributed by atoms with Gasteiger partial charge in [0.25, 0.3) is 0 Å². The van der Waals surface area contributed by atoms with Gasteiger partial charge in [-0.15, -0.1) is 0 Å². The minimum Gasteiger partial charge on any atom is -0.469 e. The maximum atomic E-state index is 12.4. The Morgan fingerprint density at radius 3 is 2.86 bits per heavy atom. The van der Waals surface area contributed by atoms with Gasteiger partial charge in [-0.2, -0.15) is 0 Å². The van der Waals surface area contributed by atoms with Crippen LogP contribution < -0.4 is 5.73 Å². The molecule has 2 N–H and O–H groups in total.